The Labute approximate surface area is 57.6 Å². The lowest BCUT2D eigenvalue weighted by atomic mass is 10.2. The standard InChI is InChI=1S/C4H10Cl2Si/c1-4(2,7)3(5)6/h3H,1-2,7H3. The molecule has 0 unspecified atom stereocenters. The predicted octanol–water partition coefficient (Wildman–Crippen LogP) is 1.35. The normalized spacial score (nSPS) is 13.3. The molecule has 0 aromatic carbocycles. The van der Waals surface area contributed by atoms with E-state index >= 15 is 0 Å². The highest BCUT2D eigenvalue weighted by atomic mass is 35.5. The summed E-state index contributed by atoms with van der Waals surface area (Å²) in [6.45, 7) is 4.12. The molecule has 0 heterocycles. The molecule has 44 valence electrons. The van der Waals surface area contributed by atoms with Gasteiger partial charge in [-0.25, -0.2) is 0 Å². The Morgan fingerprint density at radius 3 is 1.57 bits per heavy atom. The SMILES string of the molecule is CC(C)([SiH3])C(Cl)Cl. The first kappa shape index (κ1) is 7.80. The summed E-state index contributed by atoms with van der Waals surface area (Å²) in [5, 5.41) is 0.170. The van der Waals surface area contributed by atoms with E-state index in [0.717, 1.165) is 10.2 Å². The lowest BCUT2D eigenvalue weighted by molar-refractivity contribution is 0.738. The third-order valence-electron chi connectivity index (χ3n) is 0.655. The van der Waals surface area contributed by atoms with Crippen LogP contribution >= 0.6 is 23.2 Å². The maximum absolute atomic E-state index is 5.55. The van der Waals surface area contributed by atoms with Gasteiger partial charge >= 0.3 is 0 Å². The van der Waals surface area contributed by atoms with E-state index in [9.17, 15) is 0 Å². The van der Waals surface area contributed by atoms with E-state index in [2.05, 4.69) is 13.8 Å². The Hall–Kier alpha value is 0.797. The molecule has 0 rings (SSSR count). The van der Waals surface area contributed by atoms with Crippen LogP contribution in [0.3, 0.4) is 0 Å². The second kappa shape index (κ2) is 2.38. The number of hydrogen-bond donors (Lipinski definition) is 0. The van der Waals surface area contributed by atoms with Gasteiger partial charge in [0, 0.05) is 10.2 Å². The van der Waals surface area contributed by atoms with Gasteiger partial charge in [-0.1, -0.05) is 13.8 Å². The van der Waals surface area contributed by atoms with Crippen molar-refractivity contribution in [1.29, 1.82) is 0 Å². The summed E-state index contributed by atoms with van der Waals surface area (Å²) in [5.41, 5.74) is 0. The Balaban J connectivity index is 3.54. The Kier molecular flexibility index (Phi) is 2.65. The maximum Gasteiger partial charge on any atom is 0.109 e. The van der Waals surface area contributed by atoms with Crippen LogP contribution in [0, 0.1) is 0 Å². The first-order valence-corrected chi connectivity index (χ1v) is 4.10. The molecule has 0 N–H and O–H groups in total. The van der Waals surface area contributed by atoms with E-state index < -0.39 is 0 Å². The molecular formula is C4H10Cl2Si. The predicted molar refractivity (Wildman–Crippen MR) is 39.5 cm³/mol. The number of hydrogen-bond acceptors (Lipinski definition) is 0. The van der Waals surface area contributed by atoms with Gasteiger partial charge in [-0.3, -0.25) is 0 Å². The van der Waals surface area contributed by atoms with Crippen LogP contribution < -0.4 is 0 Å². The zero-order valence-corrected chi connectivity index (χ0v) is 8.35. The Bertz CT molecular complexity index is 55.2. The van der Waals surface area contributed by atoms with Crippen LogP contribution in [0.25, 0.3) is 0 Å². The smallest absolute Gasteiger partial charge is 0.105 e. The fourth-order valence-electron chi connectivity index (χ4n) is 0. The lowest BCUT2D eigenvalue weighted by Gasteiger charge is -2.18. The third kappa shape index (κ3) is 3.39. The minimum atomic E-state index is -0.195. The summed E-state index contributed by atoms with van der Waals surface area (Å²) in [7, 11) is 1.05. The van der Waals surface area contributed by atoms with Crippen molar-refractivity contribution in [2.24, 2.45) is 0 Å². The van der Waals surface area contributed by atoms with E-state index in [4.69, 9.17) is 23.2 Å². The molecule has 0 aromatic rings. The van der Waals surface area contributed by atoms with Crippen LogP contribution in [-0.4, -0.2) is 15.1 Å². The molecule has 0 aromatic heterocycles. The van der Waals surface area contributed by atoms with E-state index in [0.29, 0.717) is 0 Å². The summed E-state index contributed by atoms with van der Waals surface area (Å²) in [5.74, 6) is 0. The van der Waals surface area contributed by atoms with Gasteiger partial charge in [-0.2, -0.15) is 0 Å². The van der Waals surface area contributed by atoms with Gasteiger partial charge in [0.2, 0.25) is 0 Å². The highest BCUT2D eigenvalue weighted by Crippen LogP contribution is 2.31. The lowest BCUT2D eigenvalue weighted by Crippen LogP contribution is -2.10. The van der Waals surface area contributed by atoms with Gasteiger partial charge in [-0.05, 0) is 5.04 Å². The summed E-state index contributed by atoms with van der Waals surface area (Å²) in [4.78, 5) is -0.195. The molecule has 0 spiro atoms. The minimum Gasteiger partial charge on any atom is -0.105 e. The van der Waals surface area contributed by atoms with Gasteiger partial charge in [-0.15, -0.1) is 23.2 Å². The summed E-state index contributed by atoms with van der Waals surface area (Å²) < 4.78 is 0. The molecule has 0 saturated heterocycles. The topological polar surface area (TPSA) is 0 Å². The van der Waals surface area contributed by atoms with Crippen LogP contribution in [0.1, 0.15) is 13.8 Å². The van der Waals surface area contributed by atoms with Gasteiger partial charge in [0.05, 0.1) is 0 Å². The fourth-order valence-corrected chi connectivity index (χ4v) is 0. The molecule has 7 heavy (non-hydrogen) atoms. The molecule has 0 radical (unpaired) electrons. The molecule has 0 atom stereocenters. The van der Waals surface area contributed by atoms with Crippen LogP contribution in [0.5, 0.6) is 0 Å². The molecule has 0 fully saturated rings. The monoisotopic (exact) mass is 156 g/mol. The molecule has 0 amide bonds. The van der Waals surface area contributed by atoms with Gasteiger partial charge in [0.15, 0.2) is 0 Å². The molecule has 3 heteroatoms. The zero-order valence-electron chi connectivity index (χ0n) is 4.83. The molecular weight excluding hydrogens is 147 g/mol. The number of halogens is 2. The Morgan fingerprint density at radius 2 is 1.57 bits per heavy atom. The highest BCUT2D eigenvalue weighted by molar-refractivity contribution is 6.48. The summed E-state index contributed by atoms with van der Waals surface area (Å²) >= 11 is 11.1. The third-order valence-corrected chi connectivity index (χ3v) is 3.27. The largest absolute Gasteiger partial charge is 0.109 e. The fraction of sp³-hybridized carbons (Fsp3) is 1.00. The molecule has 0 nitrogen and oxygen atoms in total. The minimum absolute atomic E-state index is 0.170. The van der Waals surface area contributed by atoms with Crippen molar-refractivity contribution in [1.82, 2.24) is 0 Å². The van der Waals surface area contributed by atoms with Gasteiger partial charge in [0.25, 0.3) is 0 Å². The van der Waals surface area contributed by atoms with Crippen LogP contribution in [-0.2, 0) is 0 Å². The zero-order chi connectivity index (χ0) is 6.08. The number of alkyl halides is 2. The molecule has 0 aliphatic carbocycles. The van der Waals surface area contributed by atoms with Crippen molar-refractivity contribution in [3.8, 4) is 0 Å². The molecule has 0 aliphatic heterocycles. The van der Waals surface area contributed by atoms with Crippen LogP contribution in [0.15, 0.2) is 0 Å². The van der Waals surface area contributed by atoms with Crippen molar-refractivity contribution in [3.05, 3.63) is 0 Å². The second-order valence-corrected chi connectivity index (χ2v) is 6.34. The van der Waals surface area contributed by atoms with Crippen molar-refractivity contribution in [3.63, 3.8) is 0 Å². The highest BCUT2D eigenvalue weighted by Gasteiger charge is 2.18. The van der Waals surface area contributed by atoms with Crippen LogP contribution in [0.4, 0.5) is 0 Å². The van der Waals surface area contributed by atoms with Crippen molar-refractivity contribution >= 4 is 33.4 Å². The first-order valence-electron chi connectivity index (χ1n) is 2.23. The second-order valence-electron chi connectivity index (χ2n) is 2.67. The molecule has 0 bridgehead atoms. The van der Waals surface area contributed by atoms with E-state index in [1.165, 1.54) is 0 Å². The van der Waals surface area contributed by atoms with Gasteiger partial charge < -0.3 is 0 Å². The van der Waals surface area contributed by atoms with Crippen molar-refractivity contribution in [2.75, 3.05) is 0 Å². The molecule has 0 aliphatic rings. The first-order chi connectivity index (χ1) is 2.94. The van der Waals surface area contributed by atoms with E-state index in [1.807, 2.05) is 0 Å². The van der Waals surface area contributed by atoms with Crippen LogP contribution in [0.2, 0.25) is 5.04 Å². The number of rotatable bonds is 1. The quantitative estimate of drug-likeness (QED) is 0.398. The molecule has 0 saturated carbocycles. The Morgan fingerprint density at radius 1 is 1.43 bits per heavy atom. The van der Waals surface area contributed by atoms with Gasteiger partial charge in [0.1, 0.15) is 4.84 Å². The van der Waals surface area contributed by atoms with Crippen molar-refractivity contribution in [2.45, 2.75) is 23.7 Å². The summed E-state index contributed by atoms with van der Waals surface area (Å²) in [6, 6.07) is 0. The average Bonchev–Trinajstić information content (AvgIpc) is 1.31. The van der Waals surface area contributed by atoms with Crippen molar-refractivity contribution < 1.29 is 0 Å². The average molecular weight is 157 g/mol. The van der Waals surface area contributed by atoms with E-state index in [1.54, 1.807) is 0 Å². The summed E-state index contributed by atoms with van der Waals surface area (Å²) in [6.07, 6.45) is 0. The van der Waals surface area contributed by atoms with E-state index in [-0.39, 0.29) is 9.87 Å². The maximum atomic E-state index is 5.55.